The maximum atomic E-state index is 4.37. The second-order valence-corrected chi connectivity index (χ2v) is 7.34. The highest BCUT2D eigenvalue weighted by atomic mass is 127. The first-order valence-corrected chi connectivity index (χ1v) is 10.2. The van der Waals surface area contributed by atoms with Crippen molar-refractivity contribution in [1.29, 1.82) is 0 Å². The Hall–Kier alpha value is 0.310. The first-order valence-electron chi connectivity index (χ1n) is 8.95. The molecule has 0 aliphatic heterocycles. The summed E-state index contributed by atoms with van der Waals surface area (Å²) in [5.41, 5.74) is 0. The topological polar surface area (TPSA) is 39.7 Å². The second-order valence-electron chi connectivity index (χ2n) is 6.21. The van der Waals surface area contributed by atoms with Crippen LogP contribution in [-0.4, -0.2) is 61.6 Å². The molecule has 4 nitrogen and oxygen atoms in total. The molecular formula is C17H37IN4S. The van der Waals surface area contributed by atoms with Gasteiger partial charge < -0.3 is 15.5 Å². The fraction of sp³-hybridized carbons (Fsp3) is 0.941. The van der Waals surface area contributed by atoms with E-state index in [0.717, 1.165) is 17.8 Å². The zero-order valence-corrected chi connectivity index (χ0v) is 18.6. The highest BCUT2D eigenvalue weighted by molar-refractivity contribution is 14.0. The molecule has 6 heteroatoms. The lowest BCUT2D eigenvalue weighted by molar-refractivity contribution is 0.271. The molecular weight excluding hydrogens is 419 g/mol. The van der Waals surface area contributed by atoms with E-state index in [9.17, 15) is 0 Å². The number of rotatable bonds is 10. The van der Waals surface area contributed by atoms with Gasteiger partial charge in [-0.25, -0.2) is 0 Å². The maximum Gasteiger partial charge on any atom is 0.191 e. The van der Waals surface area contributed by atoms with E-state index >= 15 is 0 Å². The molecule has 2 unspecified atom stereocenters. The fourth-order valence-corrected chi connectivity index (χ4v) is 3.95. The van der Waals surface area contributed by atoms with Crippen LogP contribution < -0.4 is 10.6 Å². The summed E-state index contributed by atoms with van der Waals surface area (Å²) in [6, 6.07) is 0.598. The summed E-state index contributed by atoms with van der Waals surface area (Å²) in [6.45, 7) is 9.15. The normalized spacial score (nSPS) is 21.3. The molecule has 0 aromatic heterocycles. The van der Waals surface area contributed by atoms with Gasteiger partial charge in [0, 0.05) is 24.9 Å². The second kappa shape index (κ2) is 14.6. The summed E-state index contributed by atoms with van der Waals surface area (Å²) in [6.07, 6.45) is 9.76. The smallest absolute Gasteiger partial charge is 0.191 e. The number of thioether (sulfide) groups is 1. The average Bonchev–Trinajstić information content (AvgIpc) is 2.98. The summed E-state index contributed by atoms with van der Waals surface area (Å²) < 4.78 is 0. The zero-order chi connectivity index (χ0) is 16.2. The van der Waals surface area contributed by atoms with Gasteiger partial charge in [-0.3, -0.25) is 4.99 Å². The third-order valence-corrected chi connectivity index (χ3v) is 5.40. The third kappa shape index (κ3) is 10.0. The number of aliphatic imine (C=N–C) groups is 1. The zero-order valence-electron chi connectivity index (χ0n) is 15.4. The molecule has 2 atom stereocenters. The number of halogens is 1. The molecule has 138 valence electrons. The molecule has 2 N–H and O–H groups in total. The number of nitrogens with one attached hydrogen (secondary N) is 2. The Morgan fingerprint density at radius 3 is 2.39 bits per heavy atom. The lowest BCUT2D eigenvalue weighted by atomic mass is 10.2. The SMILES string of the molecule is CCCN(CCC)CCCNC(=NC)NC1CCC(SC)C1.I. The molecule has 1 fully saturated rings. The van der Waals surface area contributed by atoms with E-state index in [1.54, 1.807) is 0 Å². The molecule has 0 heterocycles. The molecule has 0 aromatic rings. The van der Waals surface area contributed by atoms with Gasteiger partial charge in [-0.1, -0.05) is 13.8 Å². The molecule has 0 radical (unpaired) electrons. The summed E-state index contributed by atoms with van der Waals surface area (Å²) in [5, 5.41) is 7.88. The van der Waals surface area contributed by atoms with E-state index in [4.69, 9.17) is 0 Å². The van der Waals surface area contributed by atoms with Crippen molar-refractivity contribution in [2.24, 2.45) is 4.99 Å². The van der Waals surface area contributed by atoms with Crippen molar-refractivity contribution in [1.82, 2.24) is 15.5 Å². The van der Waals surface area contributed by atoms with Crippen molar-refractivity contribution in [2.75, 3.05) is 39.5 Å². The Morgan fingerprint density at radius 2 is 1.87 bits per heavy atom. The molecule has 0 bridgehead atoms. The van der Waals surface area contributed by atoms with Crippen molar-refractivity contribution in [3.63, 3.8) is 0 Å². The summed E-state index contributed by atoms with van der Waals surface area (Å²) in [5.74, 6) is 0.976. The highest BCUT2D eigenvalue weighted by Gasteiger charge is 2.24. The molecule has 1 saturated carbocycles. The summed E-state index contributed by atoms with van der Waals surface area (Å²) >= 11 is 2.00. The van der Waals surface area contributed by atoms with Gasteiger partial charge in [-0.2, -0.15) is 11.8 Å². The van der Waals surface area contributed by atoms with Gasteiger partial charge in [0.05, 0.1) is 0 Å². The minimum absolute atomic E-state index is 0. The van der Waals surface area contributed by atoms with Crippen LogP contribution in [0.15, 0.2) is 4.99 Å². The van der Waals surface area contributed by atoms with Crippen molar-refractivity contribution >= 4 is 41.7 Å². The Bertz CT molecular complexity index is 309. The first-order chi connectivity index (χ1) is 10.7. The molecule has 1 aliphatic carbocycles. The minimum Gasteiger partial charge on any atom is -0.356 e. The van der Waals surface area contributed by atoms with E-state index in [0.29, 0.717) is 6.04 Å². The fourth-order valence-electron chi connectivity index (χ4n) is 3.15. The van der Waals surface area contributed by atoms with Crippen LogP contribution in [0.2, 0.25) is 0 Å². The van der Waals surface area contributed by atoms with Crippen LogP contribution >= 0.6 is 35.7 Å². The Morgan fingerprint density at radius 1 is 1.17 bits per heavy atom. The third-order valence-electron chi connectivity index (χ3n) is 4.31. The Kier molecular flexibility index (Phi) is 14.8. The largest absolute Gasteiger partial charge is 0.356 e. The van der Waals surface area contributed by atoms with E-state index < -0.39 is 0 Å². The predicted octanol–water partition coefficient (Wildman–Crippen LogP) is 3.57. The van der Waals surface area contributed by atoms with Crippen LogP contribution in [0.3, 0.4) is 0 Å². The number of hydrogen-bond acceptors (Lipinski definition) is 3. The number of nitrogens with zero attached hydrogens (tertiary/aromatic N) is 2. The van der Waals surface area contributed by atoms with Gasteiger partial charge in [0.15, 0.2) is 5.96 Å². The van der Waals surface area contributed by atoms with Crippen LogP contribution in [0, 0.1) is 0 Å². The Labute approximate surface area is 165 Å². The van der Waals surface area contributed by atoms with E-state index in [-0.39, 0.29) is 24.0 Å². The van der Waals surface area contributed by atoms with Gasteiger partial charge >= 0.3 is 0 Å². The van der Waals surface area contributed by atoms with Crippen LogP contribution in [0.1, 0.15) is 52.4 Å². The molecule has 0 spiro atoms. The monoisotopic (exact) mass is 456 g/mol. The first kappa shape index (κ1) is 23.3. The van der Waals surface area contributed by atoms with Crippen LogP contribution in [0.5, 0.6) is 0 Å². The van der Waals surface area contributed by atoms with Gasteiger partial charge in [0.25, 0.3) is 0 Å². The van der Waals surface area contributed by atoms with Crippen molar-refractivity contribution in [3.05, 3.63) is 0 Å². The van der Waals surface area contributed by atoms with Gasteiger partial charge in [-0.15, -0.1) is 24.0 Å². The number of hydrogen-bond donors (Lipinski definition) is 2. The maximum absolute atomic E-state index is 4.37. The average molecular weight is 456 g/mol. The van der Waals surface area contributed by atoms with Gasteiger partial charge in [-0.05, 0) is 64.4 Å². The van der Waals surface area contributed by atoms with Crippen molar-refractivity contribution in [2.45, 2.75) is 63.7 Å². The lowest BCUT2D eigenvalue weighted by Gasteiger charge is -2.21. The molecule has 23 heavy (non-hydrogen) atoms. The number of guanidine groups is 1. The van der Waals surface area contributed by atoms with Crippen LogP contribution in [-0.2, 0) is 0 Å². The van der Waals surface area contributed by atoms with E-state index in [1.807, 2.05) is 18.8 Å². The van der Waals surface area contributed by atoms with Gasteiger partial charge in [0.1, 0.15) is 0 Å². The van der Waals surface area contributed by atoms with Crippen LogP contribution in [0.25, 0.3) is 0 Å². The lowest BCUT2D eigenvalue weighted by Crippen LogP contribution is -2.43. The molecule has 1 aliphatic rings. The molecule has 0 aromatic carbocycles. The minimum atomic E-state index is 0. The van der Waals surface area contributed by atoms with Crippen LogP contribution in [0.4, 0.5) is 0 Å². The molecule has 1 rings (SSSR count). The van der Waals surface area contributed by atoms with E-state index in [1.165, 1.54) is 58.2 Å². The van der Waals surface area contributed by atoms with Gasteiger partial charge in [0.2, 0.25) is 0 Å². The standard InChI is InChI=1S/C17H36N4S.HI/c1-5-11-21(12-6-2)13-7-10-19-17(18-3)20-15-8-9-16(14-15)22-4;/h15-16H,5-14H2,1-4H3,(H2,18,19,20);1H. The highest BCUT2D eigenvalue weighted by Crippen LogP contribution is 2.27. The summed E-state index contributed by atoms with van der Waals surface area (Å²) in [7, 11) is 1.87. The molecule has 0 saturated heterocycles. The predicted molar refractivity (Wildman–Crippen MR) is 116 cm³/mol. The Balaban J connectivity index is 0.00000484. The molecule has 0 amide bonds. The van der Waals surface area contributed by atoms with Crippen molar-refractivity contribution < 1.29 is 0 Å². The quantitative estimate of drug-likeness (QED) is 0.228. The van der Waals surface area contributed by atoms with Crippen molar-refractivity contribution in [3.8, 4) is 0 Å². The summed E-state index contributed by atoms with van der Waals surface area (Å²) in [4.78, 5) is 6.93. The van der Waals surface area contributed by atoms with E-state index in [2.05, 4.69) is 40.6 Å².